The minimum Gasteiger partial charge on any atom is -0.338 e. The van der Waals surface area contributed by atoms with E-state index in [0.717, 1.165) is 30.8 Å². The minimum absolute atomic E-state index is 0.145. The van der Waals surface area contributed by atoms with Crippen molar-refractivity contribution >= 4 is 5.91 Å². The molecule has 1 saturated heterocycles. The van der Waals surface area contributed by atoms with Crippen molar-refractivity contribution in [2.75, 3.05) is 13.1 Å². The number of nitrogens with zero attached hydrogens (tertiary/aromatic N) is 2. The summed E-state index contributed by atoms with van der Waals surface area (Å²) in [4.78, 5) is 14.1. The molecule has 1 atom stereocenters. The first-order chi connectivity index (χ1) is 8.20. The van der Waals surface area contributed by atoms with E-state index in [4.69, 9.17) is 5.73 Å². The number of nitrogens with two attached hydrogens (primary N) is 1. The molecule has 1 amide bonds. The zero-order valence-corrected chi connectivity index (χ0v) is 10.3. The number of carbonyl (C=O) groups excluding carboxylic acids is 1. The predicted molar refractivity (Wildman–Crippen MR) is 65.4 cm³/mol. The molecule has 0 saturated carbocycles. The van der Waals surface area contributed by atoms with Crippen LogP contribution in [0.2, 0.25) is 0 Å². The molecule has 0 bridgehead atoms. The molecule has 0 spiro atoms. The summed E-state index contributed by atoms with van der Waals surface area (Å²) in [5.41, 5.74) is 7.51. The van der Waals surface area contributed by atoms with Crippen LogP contribution in [0.4, 0.5) is 0 Å². The van der Waals surface area contributed by atoms with Crippen molar-refractivity contribution in [2.45, 2.75) is 38.6 Å². The van der Waals surface area contributed by atoms with Crippen LogP contribution in [0, 0.1) is 6.92 Å². The Morgan fingerprint density at radius 1 is 1.65 bits per heavy atom. The predicted octanol–water partition coefficient (Wildman–Crippen LogP) is 0.600. The summed E-state index contributed by atoms with van der Waals surface area (Å²) in [5, 5.41) is 6.95. The molecule has 0 aromatic carbocycles. The highest BCUT2D eigenvalue weighted by atomic mass is 16.2. The van der Waals surface area contributed by atoms with Crippen molar-refractivity contribution < 1.29 is 4.79 Å². The van der Waals surface area contributed by atoms with Crippen LogP contribution in [-0.4, -0.2) is 40.1 Å². The van der Waals surface area contributed by atoms with E-state index < -0.39 is 0 Å². The standard InChI is InChI=1S/C12H20N4O/c1-9-6-10(15-14-9)7-12(17)16-5-3-2-4-11(16)8-13/h6,11H,2-5,7-8,13H2,1H3,(H,14,15). The van der Waals surface area contributed by atoms with Crippen LogP contribution in [0.1, 0.15) is 30.7 Å². The highest BCUT2D eigenvalue weighted by Gasteiger charge is 2.25. The second-order valence-corrected chi connectivity index (χ2v) is 4.69. The van der Waals surface area contributed by atoms with Crippen LogP contribution in [0.5, 0.6) is 0 Å². The minimum atomic E-state index is 0.145. The van der Waals surface area contributed by atoms with Crippen molar-refractivity contribution in [3.05, 3.63) is 17.5 Å². The molecule has 2 rings (SSSR count). The van der Waals surface area contributed by atoms with Crippen LogP contribution < -0.4 is 5.73 Å². The SMILES string of the molecule is Cc1cc(CC(=O)N2CCCCC2CN)n[nH]1. The molecule has 1 fully saturated rings. The number of rotatable bonds is 3. The van der Waals surface area contributed by atoms with Crippen LogP contribution in [0.25, 0.3) is 0 Å². The van der Waals surface area contributed by atoms with Crippen LogP contribution in [0.15, 0.2) is 6.07 Å². The Bertz CT molecular complexity index is 388. The molecule has 0 aliphatic carbocycles. The summed E-state index contributed by atoms with van der Waals surface area (Å²) in [5.74, 6) is 0.145. The lowest BCUT2D eigenvalue weighted by molar-refractivity contribution is -0.133. The Balaban J connectivity index is 1.98. The lowest BCUT2D eigenvalue weighted by Crippen LogP contribution is -2.48. The Hall–Kier alpha value is -1.36. The lowest BCUT2D eigenvalue weighted by Gasteiger charge is -2.35. The third-order valence-electron chi connectivity index (χ3n) is 3.31. The van der Waals surface area contributed by atoms with E-state index in [1.165, 1.54) is 6.42 Å². The van der Waals surface area contributed by atoms with Gasteiger partial charge in [0.15, 0.2) is 0 Å². The number of H-pyrrole nitrogens is 1. The number of aromatic amines is 1. The summed E-state index contributed by atoms with van der Waals surface area (Å²) >= 11 is 0. The van der Waals surface area contributed by atoms with Gasteiger partial charge in [-0.3, -0.25) is 9.89 Å². The summed E-state index contributed by atoms with van der Waals surface area (Å²) in [6.45, 7) is 3.33. The topological polar surface area (TPSA) is 75.0 Å². The fourth-order valence-corrected chi connectivity index (χ4v) is 2.40. The number of aryl methyl sites for hydroxylation is 1. The van der Waals surface area contributed by atoms with E-state index >= 15 is 0 Å². The molecule has 3 N–H and O–H groups in total. The Morgan fingerprint density at radius 3 is 3.12 bits per heavy atom. The van der Waals surface area contributed by atoms with E-state index in [-0.39, 0.29) is 11.9 Å². The van der Waals surface area contributed by atoms with Gasteiger partial charge in [0, 0.05) is 24.8 Å². The van der Waals surface area contributed by atoms with Crippen molar-refractivity contribution in [2.24, 2.45) is 5.73 Å². The zero-order chi connectivity index (χ0) is 12.3. The maximum Gasteiger partial charge on any atom is 0.228 e. The van der Waals surface area contributed by atoms with Gasteiger partial charge in [-0.05, 0) is 32.3 Å². The molecule has 1 aromatic rings. The highest BCUT2D eigenvalue weighted by Crippen LogP contribution is 2.17. The van der Waals surface area contributed by atoms with Crippen molar-refractivity contribution in [3.8, 4) is 0 Å². The molecule has 2 heterocycles. The number of nitrogens with one attached hydrogen (secondary N) is 1. The van der Waals surface area contributed by atoms with Gasteiger partial charge in [0.2, 0.25) is 5.91 Å². The molecule has 0 radical (unpaired) electrons. The third-order valence-corrected chi connectivity index (χ3v) is 3.31. The summed E-state index contributed by atoms with van der Waals surface area (Å²) in [6, 6.07) is 2.13. The Morgan fingerprint density at radius 2 is 2.47 bits per heavy atom. The van der Waals surface area contributed by atoms with Crippen LogP contribution in [-0.2, 0) is 11.2 Å². The normalized spacial score (nSPS) is 20.6. The van der Waals surface area contributed by atoms with Crippen molar-refractivity contribution in [3.63, 3.8) is 0 Å². The van der Waals surface area contributed by atoms with Gasteiger partial charge >= 0.3 is 0 Å². The summed E-state index contributed by atoms with van der Waals surface area (Å²) in [7, 11) is 0. The molecule has 1 aliphatic heterocycles. The molecule has 5 heteroatoms. The highest BCUT2D eigenvalue weighted by molar-refractivity contribution is 5.78. The first-order valence-corrected chi connectivity index (χ1v) is 6.21. The molecule has 1 aromatic heterocycles. The van der Waals surface area contributed by atoms with Gasteiger partial charge in [-0.2, -0.15) is 5.10 Å². The lowest BCUT2D eigenvalue weighted by atomic mass is 10.0. The Labute approximate surface area is 101 Å². The molecule has 1 unspecified atom stereocenters. The Kier molecular flexibility index (Phi) is 3.78. The van der Waals surface area contributed by atoms with E-state index in [0.29, 0.717) is 13.0 Å². The summed E-state index contributed by atoms with van der Waals surface area (Å²) < 4.78 is 0. The van der Waals surface area contributed by atoms with Crippen LogP contribution >= 0.6 is 0 Å². The van der Waals surface area contributed by atoms with Crippen molar-refractivity contribution in [1.82, 2.24) is 15.1 Å². The van der Waals surface area contributed by atoms with E-state index in [1.807, 2.05) is 17.9 Å². The van der Waals surface area contributed by atoms with Gasteiger partial charge in [0.1, 0.15) is 0 Å². The number of carbonyl (C=O) groups is 1. The number of aromatic nitrogens is 2. The average molecular weight is 236 g/mol. The molecule has 1 aliphatic rings. The van der Waals surface area contributed by atoms with Gasteiger partial charge < -0.3 is 10.6 Å². The first-order valence-electron chi connectivity index (χ1n) is 6.21. The van der Waals surface area contributed by atoms with Gasteiger partial charge in [0.25, 0.3) is 0 Å². The quantitative estimate of drug-likeness (QED) is 0.807. The van der Waals surface area contributed by atoms with Gasteiger partial charge in [0.05, 0.1) is 12.1 Å². The molecular weight excluding hydrogens is 216 g/mol. The zero-order valence-electron chi connectivity index (χ0n) is 10.3. The second kappa shape index (κ2) is 5.31. The first kappa shape index (κ1) is 12.1. The largest absolute Gasteiger partial charge is 0.338 e. The number of amides is 1. The van der Waals surface area contributed by atoms with E-state index in [1.54, 1.807) is 0 Å². The second-order valence-electron chi connectivity index (χ2n) is 4.69. The maximum atomic E-state index is 12.2. The van der Waals surface area contributed by atoms with Crippen molar-refractivity contribution in [1.29, 1.82) is 0 Å². The molecule has 94 valence electrons. The molecule has 17 heavy (non-hydrogen) atoms. The molecule has 5 nitrogen and oxygen atoms in total. The number of likely N-dealkylation sites (tertiary alicyclic amines) is 1. The maximum absolute atomic E-state index is 12.2. The fourth-order valence-electron chi connectivity index (χ4n) is 2.40. The number of piperidine rings is 1. The van der Waals surface area contributed by atoms with Crippen LogP contribution in [0.3, 0.4) is 0 Å². The summed E-state index contributed by atoms with van der Waals surface area (Å²) in [6.07, 6.45) is 3.66. The monoisotopic (exact) mass is 236 g/mol. The number of hydrogen-bond donors (Lipinski definition) is 2. The molecular formula is C12H20N4O. The number of hydrogen-bond acceptors (Lipinski definition) is 3. The smallest absolute Gasteiger partial charge is 0.228 e. The average Bonchev–Trinajstić information content (AvgIpc) is 2.74. The van der Waals surface area contributed by atoms with Gasteiger partial charge in [-0.1, -0.05) is 0 Å². The van der Waals surface area contributed by atoms with E-state index in [9.17, 15) is 4.79 Å². The van der Waals surface area contributed by atoms with Gasteiger partial charge in [-0.15, -0.1) is 0 Å². The third kappa shape index (κ3) is 2.85. The fraction of sp³-hybridized carbons (Fsp3) is 0.667. The van der Waals surface area contributed by atoms with E-state index in [2.05, 4.69) is 10.2 Å². The van der Waals surface area contributed by atoms with Gasteiger partial charge in [-0.25, -0.2) is 0 Å².